The first-order valence-corrected chi connectivity index (χ1v) is 6.88. The van der Waals surface area contributed by atoms with Crippen molar-refractivity contribution in [2.75, 3.05) is 0 Å². The van der Waals surface area contributed by atoms with E-state index in [2.05, 4.69) is 32.7 Å². The van der Waals surface area contributed by atoms with E-state index in [1.54, 1.807) is 0 Å². The van der Waals surface area contributed by atoms with Gasteiger partial charge in [-0.05, 0) is 25.0 Å². The molecular formula is C15H15N5. The Balaban J connectivity index is 1.76. The van der Waals surface area contributed by atoms with Gasteiger partial charge < -0.3 is 5.32 Å². The van der Waals surface area contributed by atoms with E-state index in [-0.39, 0.29) is 0 Å². The van der Waals surface area contributed by atoms with E-state index in [0.29, 0.717) is 6.04 Å². The van der Waals surface area contributed by atoms with Gasteiger partial charge >= 0.3 is 0 Å². The van der Waals surface area contributed by atoms with Crippen LogP contribution in [0.3, 0.4) is 0 Å². The first-order valence-electron chi connectivity index (χ1n) is 6.88. The van der Waals surface area contributed by atoms with E-state index in [0.717, 1.165) is 28.7 Å². The highest BCUT2D eigenvalue weighted by molar-refractivity contribution is 5.89. The number of hydrogen-bond donors (Lipinski definition) is 1. The third-order valence-electron chi connectivity index (χ3n) is 3.66. The van der Waals surface area contributed by atoms with Crippen molar-refractivity contribution in [3.8, 4) is 5.69 Å². The summed E-state index contributed by atoms with van der Waals surface area (Å²) in [6.07, 6.45) is 8.07. The lowest BCUT2D eigenvalue weighted by molar-refractivity contribution is 0.648. The van der Waals surface area contributed by atoms with E-state index in [4.69, 9.17) is 0 Å². The fourth-order valence-corrected chi connectivity index (χ4v) is 2.41. The molecule has 1 aliphatic rings. The third kappa shape index (κ3) is 2.06. The normalized spacial score (nSPS) is 14.8. The van der Waals surface area contributed by atoms with Gasteiger partial charge in [0.25, 0.3) is 0 Å². The van der Waals surface area contributed by atoms with Crippen LogP contribution in [-0.4, -0.2) is 26.0 Å². The monoisotopic (exact) mass is 265 g/mol. The summed E-state index contributed by atoms with van der Waals surface area (Å²) in [6, 6.07) is 8.85. The summed E-state index contributed by atoms with van der Waals surface area (Å²) in [4.78, 5) is 4.17. The number of fused-ring (bicyclic) bond motifs is 1. The Morgan fingerprint density at radius 2 is 2.15 bits per heavy atom. The van der Waals surface area contributed by atoms with Gasteiger partial charge in [-0.2, -0.15) is 0 Å². The molecule has 1 saturated carbocycles. The molecule has 0 aliphatic heterocycles. The van der Waals surface area contributed by atoms with Crippen molar-refractivity contribution in [1.29, 1.82) is 0 Å². The predicted octanol–water partition coefficient (Wildman–Crippen LogP) is 2.07. The zero-order chi connectivity index (χ0) is 13.4. The van der Waals surface area contributed by atoms with Gasteiger partial charge in [0.05, 0.1) is 17.6 Å². The van der Waals surface area contributed by atoms with Crippen LogP contribution >= 0.6 is 0 Å². The molecule has 20 heavy (non-hydrogen) atoms. The predicted molar refractivity (Wildman–Crippen MR) is 76.5 cm³/mol. The lowest BCUT2D eigenvalue weighted by Crippen LogP contribution is -2.18. The minimum atomic E-state index is 0.676. The van der Waals surface area contributed by atoms with Crippen molar-refractivity contribution >= 4 is 10.8 Å². The Morgan fingerprint density at radius 3 is 3.05 bits per heavy atom. The number of nitrogens with one attached hydrogen (secondary N) is 1. The van der Waals surface area contributed by atoms with E-state index in [1.165, 1.54) is 12.8 Å². The summed E-state index contributed by atoms with van der Waals surface area (Å²) in [5, 5.41) is 14.1. The zero-order valence-electron chi connectivity index (χ0n) is 11.0. The summed E-state index contributed by atoms with van der Waals surface area (Å²) >= 11 is 0. The maximum atomic E-state index is 4.24. The van der Waals surface area contributed by atoms with Crippen molar-refractivity contribution in [3.05, 3.63) is 48.5 Å². The molecule has 2 aromatic heterocycles. The molecule has 0 spiro atoms. The second kappa shape index (κ2) is 4.68. The number of benzene rings is 1. The van der Waals surface area contributed by atoms with Crippen LogP contribution < -0.4 is 5.32 Å². The van der Waals surface area contributed by atoms with E-state index in [9.17, 15) is 0 Å². The fraction of sp³-hybridized carbons (Fsp3) is 0.267. The molecule has 1 fully saturated rings. The van der Waals surface area contributed by atoms with Crippen LogP contribution in [-0.2, 0) is 6.54 Å². The third-order valence-corrected chi connectivity index (χ3v) is 3.66. The van der Waals surface area contributed by atoms with Gasteiger partial charge in [0.1, 0.15) is 0 Å². The first kappa shape index (κ1) is 11.5. The quantitative estimate of drug-likeness (QED) is 0.784. The summed E-state index contributed by atoms with van der Waals surface area (Å²) in [6.45, 7) is 0.805. The fourth-order valence-electron chi connectivity index (χ4n) is 2.41. The molecule has 2 heterocycles. The molecule has 1 aliphatic carbocycles. The number of rotatable bonds is 4. The van der Waals surface area contributed by atoms with Crippen LogP contribution in [0.5, 0.6) is 0 Å². The highest BCUT2D eigenvalue weighted by atomic mass is 15.4. The SMILES string of the molecule is c1cc(-n2nncc2CNC2CC2)c2ccncc2c1. The Labute approximate surface area is 116 Å². The first-order chi connectivity index (χ1) is 9.92. The molecule has 3 aromatic rings. The van der Waals surface area contributed by atoms with Gasteiger partial charge in [0, 0.05) is 35.8 Å². The summed E-state index contributed by atoms with van der Waals surface area (Å²) in [5.41, 5.74) is 2.14. The lowest BCUT2D eigenvalue weighted by Gasteiger charge is -2.09. The van der Waals surface area contributed by atoms with Gasteiger partial charge in [0.15, 0.2) is 0 Å². The number of pyridine rings is 1. The topological polar surface area (TPSA) is 55.6 Å². The molecule has 100 valence electrons. The largest absolute Gasteiger partial charge is 0.308 e. The molecule has 5 heteroatoms. The molecule has 0 bridgehead atoms. The molecule has 5 nitrogen and oxygen atoms in total. The minimum Gasteiger partial charge on any atom is -0.308 e. The van der Waals surface area contributed by atoms with Crippen molar-refractivity contribution in [2.24, 2.45) is 0 Å². The van der Waals surface area contributed by atoms with E-state index in [1.807, 2.05) is 35.4 Å². The van der Waals surface area contributed by atoms with Gasteiger partial charge in [-0.3, -0.25) is 4.98 Å². The Kier molecular flexibility index (Phi) is 2.70. The molecular weight excluding hydrogens is 250 g/mol. The second-order valence-corrected chi connectivity index (χ2v) is 5.17. The van der Waals surface area contributed by atoms with Gasteiger partial charge in [-0.1, -0.05) is 17.3 Å². The van der Waals surface area contributed by atoms with E-state index >= 15 is 0 Å². The van der Waals surface area contributed by atoms with Crippen LogP contribution in [0, 0.1) is 0 Å². The van der Waals surface area contributed by atoms with Crippen molar-refractivity contribution in [1.82, 2.24) is 25.3 Å². The number of nitrogens with zero attached hydrogens (tertiary/aromatic N) is 4. The van der Waals surface area contributed by atoms with Crippen LogP contribution in [0.1, 0.15) is 18.5 Å². The van der Waals surface area contributed by atoms with E-state index < -0.39 is 0 Å². The summed E-state index contributed by atoms with van der Waals surface area (Å²) in [7, 11) is 0. The van der Waals surface area contributed by atoms with Gasteiger partial charge in [0.2, 0.25) is 0 Å². The van der Waals surface area contributed by atoms with Crippen molar-refractivity contribution in [3.63, 3.8) is 0 Å². The number of hydrogen-bond acceptors (Lipinski definition) is 4. The summed E-state index contributed by atoms with van der Waals surface area (Å²) < 4.78 is 1.91. The molecule has 0 amide bonds. The molecule has 1 N–H and O–H groups in total. The van der Waals surface area contributed by atoms with Gasteiger partial charge in [-0.15, -0.1) is 5.10 Å². The van der Waals surface area contributed by atoms with Crippen LogP contribution in [0.25, 0.3) is 16.5 Å². The van der Waals surface area contributed by atoms with Crippen LogP contribution in [0.15, 0.2) is 42.9 Å². The Hall–Kier alpha value is -2.27. The second-order valence-electron chi connectivity index (χ2n) is 5.17. The minimum absolute atomic E-state index is 0.676. The maximum absolute atomic E-state index is 4.24. The molecule has 1 aromatic carbocycles. The van der Waals surface area contributed by atoms with Crippen molar-refractivity contribution in [2.45, 2.75) is 25.4 Å². The molecule has 0 saturated heterocycles. The molecule has 4 rings (SSSR count). The molecule has 0 radical (unpaired) electrons. The Bertz CT molecular complexity index is 739. The average molecular weight is 265 g/mol. The number of aromatic nitrogens is 4. The highest BCUT2D eigenvalue weighted by Crippen LogP contribution is 2.23. The molecule has 0 unspecified atom stereocenters. The van der Waals surface area contributed by atoms with Crippen LogP contribution in [0.2, 0.25) is 0 Å². The zero-order valence-corrected chi connectivity index (χ0v) is 11.0. The lowest BCUT2D eigenvalue weighted by atomic mass is 10.1. The molecule has 0 atom stereocenters. The maximum Gasteiger partial charge on any atom is 0.0784 e. The highest BCUT2D eigenvalue weighted by Gasteiger charge is 2.21. The Morgan fingerprint density at radius 1 is 1.20 bits per heavy atom. The van der Waals surface area contributed by atoms with Gasteiger partial charge in [-0.25, -0.2) is 4.68 Å². The average Bonchev–Trinajstić information content (AvgIpc) is 3.21. The standard InChI is InChI=1S/C15H15N5/c1-2-11-8-16-7-6-14(11)15(3-1)20-13(10-18-19-20)9-17-12-4-5-12/h1-3,6-8,10,12,17H,4-5,9H2. The van der Waals surface area contributed by atoms with Crippen LogP contribution in [0.4, 0.5) is 0 Å². The summed E-state index contributed by atoms with van der Waals surface area (Å²) in [5.74, 6) is 0. The van der Waals surface area contributed by atoms with Crippen molar-refractivity contribution < 1.29 is 0 Å². The smallest absolute Gasteiger partial charge is 0.0784 e.